The van der Waals surface area contributed by atoms with Crippen molar-refractivity contribution in [1.29, 1.82) is 0 Å². The second-order valence-electron chi connectivity index (χ2n) is 6.71. The lowest BCUT2D eigenvalue weighted by atomic mass is 10.2. The molecule has 0 saturated carbocycles. The maximum Gasteiger partial charge on any atom is 0.369 e. The zero-order valence-corrected chi connectivity index (χ0v) is 19.9. The quantitative estimate of drug-likeness (QED) is 0.361. The average Bonchev–Trinajstić information content (AvgIpc) is 2.92. The van der Waals surface area contributed by atoms with Crippen LogP contribution in [0.25, 0.3) is 0 Å². The standard InChI is InChI=1S/C16H15NO3.C10H10O4S/c18-15(20-12-13-7-3-1-4-8-13)11-17-16(19)14-9-5-2-6-10-14;1-15-10(12)14-7-13-9(11)8-5-3-2-4-6-8/h1-10H,11-12H2,(H,17,19);2-6H,7H2,1H3. The van der Waals surface area contributed by atoms with Gasteiger partial charge in [-0.05, 0) is 47.8 Å². The fourth-order valence-corrected chi connectivity index (χ4v) is 2.65. The van der Waals surface area contributed by atoms with E-state index in [-0.39, 0.29) is 25.9 Å². The molecule has 0 unspecified atom stereocenters. The maximum atomic E-state index is 11.7. The summed E-state index contributed by atoms with van der Waals surface area (Å²) in [6.07, 6.45) is 1.58. The van der Waals surface area contributed by atoms with Crippen LogP contribution in [0.4, 0.5) is 4.79 Å². The molecule has 8 nitrogen and oxygen atoms in total. The molecule has 1 N–H and O–H groups in total. The van der Waals surface area contributed by atoms with Crippen LogP contribution in [0.3, 0.4) is 0 Å². The molecule has 3 aromatic rings. The molecule has 0 aromatic heterocycles. The van der Waals surface area contributed by atoms with Gasteiger partial charge in [0.1, 0.15) is 13.2 Å². The highest BCUT2D eigenvalue weighted by Gasteiger charge is 2.09. The maximum absolute atomic E-state index is 11.7. The van der Waals surface area contributed by atoms with Gasteiger partial charge >= 0.3 is 17.2 Å². The highest BCUT2D eigenvalue weighted by molar-refractivity contribution is 8.12. The molecule has 182 valence electrons. The van der Waals surface area contributed by atoms with Crippen LogP contribution in [0.5, 0.6) is 0 Å². The van der Waals surface area contributed by atoms with Crippen LogP contribution >= 0.6 is 11.8 Å². The summed E-state index contributed by atoms with van der Waals surface area (Å²) in [5.41, 5.74) is 1.86. The summed E-state index contributed by atoms with van der Waals surface area (Å²) in [5, 5.41) is 2.05. The number of carbonyl (C=O) groups excluding carboxylic acids is 4. The van der Waals surface area contributed by atoms with E-state index in [1.54, 1.807) is 60.9 Å². The van der Waals surface area contributed by atoms with Gasteiger partial charge in [0.25, 0.3) is 5.91 Å². The van der Waals surface area contributed by atoms with E-state index < -0.39 is 17.2 Å². The van der Waals surface area contributed by atoms with Crippen LogP contribution in [0.15, 0.2) is 91.0 Å². The molecular weight excluding hydrogens is 470 g/mol. The molecule has 35 heavy (non-hydrogen) atoms. The summed E-state index contributed by atoms with van der Waals surface area (Å²) in [6.45, 7) is -0.283. The number of ether oxygens (including phenoxy) is 3. The third-order valence-electron chi connectivity index (χ3n) is 4.21. The number of rotatable bonds is 8. The first-order valence-electron chi connectivity index (χ1n) is 10.4. The summed E-state index contributed by atoms with van der Waals surface area (Å²) >= 11 is 0.920. The lowest BCUT2D eigenvalue weighted by Gasteiger charge is -2.06. The molecule has 0 fully saturated rings. The van der Waals surface area contributed by atoms with Crippen molar-refractivity contribution < 1.29 is 33.4 Å². The van der Waals surface area contributed by atoms with Gasteiger partial charge in [0.05, 0.1) is 5.56 Å². The number of carbonyl (C=O) groups is 4. The fourth-order valence-electron chi connectivity index (χ4n) is 2.48. The summed E-state index contributed by atoms with van der Waals surface area (Å²) in [4.78, 5) is 45.2. The van der Waals surface area contributed by atoms with Crippen LogP contribution in [-0.2, 0) is 25.6 Å². The molecule has 0 atom stereocenters. The average molecular weight is 496 g/mol. The Morgan fingerprint density at radius 1 is 0.714 bits per heavy atom. The number of esters is 2. The third kappa shape index (κ3) is 11.0. The Kier molecular flexibility index (Phi) is 12.2. The zero-order chi connectivity index (χ0) is 25.3. The van der Waals surface area contributed by atoms with Crippen molar-refractivity contribution in [3.8, 4) is 0 Å². The Hall–Kier alpha value is -4.11. The summed E-state index contributed by atoms with van der Waals surface area (Å²) in [7, 11) is 0. The third-order valence-corrected chi connectivity index (χ3v) is 4.67. The molecule has 0 spiro atoms. The van der Waals surface area contributed by atoms with E-state index >= 15 is 0 Å². The highest BCUT2D eigenvalue weighted by Crippen LogP contribution is 2.03. The molecule has 0 aliphatic heterocycles. The lowest BCUT2D eigenvalue weighted by Crippen LogP contribution is -2.30. The first-order valence-corrected chi connectivity index (χ1v) is 11.7. The molecule has 0 aliphatic rings. The summed E-state index contributed by atoms with van der Waals surface area (Å²) in [6, 6.07) is 26.6. The van der Waals surface area contributed by atoms with Gasteiger partial charge in [-0.15, -0.1) is 0 Å². The molecular formula is C26H25NO7S. The van der Waals surface area contributed by atoms with Crippen LogP contribution in [0.2, 0.25) is 0 Å². The largest absolute Gasteiger partial charge is 0.460 e. The predicted molar refractivity (Wildman–Crippen MR) is 132 cm³/mol. The predicted octanol–water partition coefficient (Wildman–Crippen LogP) is 4.46. The number of nitrogens with one attached hydrogen (secondary N) is 1. The van der Waals surface area contributed by atoms with Crippen molar-refractivity contribution in [3.63, 3.8) is 0 Å². The van der Waals surface area contributed by atoms with E-state index in [1.165, 1.54) is 0 Å². The van der Waals surface area contributed by atoms with Crippen molar-refractivity contribution in [1.82, 2.24) is 5.32 Å². The second kappa shape index (κ2) is 15.7. The number of hydrogen-bond donors (Lipinski definition) is 1. The van der Waals surface area contributed by atoms with Crippen molar-refractivity contribution >= 4 is 34.9 Å². The van der Waals surface area contributed by atoms with E-state index in [4.69, 9.17) is 9.47 Å². The molecule has 0 bridgehead atoms. The van der Waals surface area contributed by atoms with Gasteiger partial charge in [0, 0.05) is 5.56 Å². The molecule has 1 amide bonds. The van der Waals surface area contributed by atoms with Crippen molar-refractivity contribution in [2.24, 2.45) is 0 Å². The van der Waals surface area contributed by atoms with Gasteiger partial charge in [0.2, 0.25) is 6.79 Å². The summed E-state index contributed by atoms with van der Waals surface area (Å²) < 4.78 is 14.3. The van der Waals surface area contributed by atoms with Crippen molar-refractivity contribution in [3.05, 3.63) is 108 Å². The normalized spacial score (nSPS) is 9.63. The topological polar surface area (TPSA) is 108 Å². The van der Waals surface area contributed by atoms with Crippen LogP contribution in [0, 0.1) is 0 Å². The van der Waals surface area contributed by atoms with Crippen LogP contribution in [-0.4, -0.2) is 42.7 Å². The van der Waals surface area contributed by atoms with Gasteiger partial charge in [-0.1, -0.05) is 66.7 Å². The number of hydrogen-bond acceptors (Lipinski definition) is 8. The molecule has 3 rings (SSSR count). The van der Waals surface area contributed by atoms with Gasteiger partial charge in [0.15, 0.2) is 0 Å². The Morgan fingerprint density at radius 3 is 1.83 bits per heavy atom. The monoisotopic (exact) mass is 495 g/mol. The first-order chi connectivity index (χ1) is 17.0. The Labute approximate surface area is 207 Å². The van der Waals surface area contributed by atoms with Gasteiger partial charge < -0.3 is 19.5 Å². The Morgan fingerprint density at radius 2 is 1.26 bits per heavy atom. The van der Waals surface area contributed by atoms with E-state index in [2.05, 4.69) is 10.1 Å². The second-order valence-corrected chi connectivity index (χ2v) is 7.45. The molecule has 0 aliphatic carbocycles. The minimum atomic E-state index is -0.510. The SMILES string of the molecule is CSC(=O)OCOC(=O)c1ccccc1.O=C(CNC(=O)c1ccccc1)OCc1ccccc1. The Bertz CT molecular complexity index is 1080. The van der Waals surface area contributed by atoms with Crippen molar-refractivity contribution in [2.45, 2.75) is 6.61 Å². The van der Waals surface area contributed by atoms with Gasteiger partial charge in [-0.25, -0.2) is 9.59 Å². The minimum Gasteiger partial charge on any atom is -0.460 e. The fraction of sp³-hybridized carbons (Fsp3) is 0.154. The van der Waals surface area contributed by atoms with E-state index in [0.717, 1.165) is 17.3 Å². The molecule has 3 aromatic carbocycles. The molecule has 9 heteroatoms. The van der Waals surface area contributed by atoms with Crippen molar-refractivity contribution in [2.75, 3.05) is 19.6 Å². The molecule has 0 radical (unpaired) electrons. The number of thioether (sulfide) groups is 1. The summed E-state index contributed by atoms with van der Waals surface area (Å²) in [5.74, 6) is -1.26. The number of amides is 1. The zero-order valence-electron chi connectivity index (χ0n) is 19.0. The number of benzene rings is 3. The van der Waals surface area contributed by atoms with Crippen LogP contribution < -0.4 is 5.32 Å². The molecule has 0 saturated heterocycles. The lowest BCUT2D eigenvalue weighted by molar-refractivity contribution is -0.143. The van der Waals surface area contributed by atoms with Gasteiger partial charge in [-0.2, -0.15) is 0 Å². The highest BCUT2D eigenvalue weighted by atomic mass is 32.2. The smallest absolute Gasteiger partial charge is 0.369 e. The minimum absolute atomic E-state index is 0.138. The molecule has 0 heterocycles. The van der Waals surface area contributed by atoms with E-state index in [0.29, 0.717) is 11.1 Å². The Balaban J connectivity index is 0.000000258. The first kappa shape index (κ1) is 27.1. The van der Waals surface area contributed by atoms with Crippen LogP contribution in [0.1, 0.15) is 26.3 Å². The van der Waals surface area contributed by atoms with E-state index in [9.17, 15) is 19.2 Å². The van der Waals surface area contributed by atoms with E-state index in [1.807, 2.05) is 36.4 Å². The van der Waals surface area contributed by atoms with Gasteiger partial charge in [-0.3, -0.25) is 9.59 Å².